The van der Waals surface area contributed by atoms with E-state index in [0.29, 0.717) is 5.57 Å². The molecule has 1 N–H and O–H groups in total. The number of carbonyl (C=O) groups is 1. The summed E-state index contributed by atoms with van der Waals surface area (Å²) in [6, 6.07) is 0. The Morgan fingerprint density at radius 1 is 1.70 bits per heavy atom. The highest BCUT2D eigenvalue weighted by molar-refractivity contribution is 7.97. The minimum atomic E-state index is -0.313. The smallest absolute Gasteiger partial charge is 0.213 e. The van der Waals surface area contributed by atoms with Crippen LogP contribution in [0.4, 0.5) is 0 Å². The van der Waals surface area contributed by atoms with Crippen molar-refractivity contribution < 1.29 is 14.7 Å². The Hall–Kier alpha value is -0.520. The van der Waals surface area contributed by atoms with Crippen LogP contribution in [0.1, 0.15) is 6.92 Å². The van der Waals surface area contributed by atoms with Gasteiger partial charge in [-0.1, -0.05) is 0 Å². The van der Waals surface area contributed by atoms with Gasteiger partial charge in [0.15, 0.2) is 0 Å². The third kappa shape index (κ3) is 4.37. The molecule has 0 aliphatic carbocycles. The summed E-state index contributed by atoms with van der Waals surface area (Å²) in [5.74, 6) is 0. The summed E-state index contributed by atoms with van der Waals surface area (Å²) < 4.78 is 0. The zero-order valence-electron chi connectivity index (χ0n) is 5.75. The maximum Gasteiger partial charge on any atom is 0.213 e. The van der Waals surface area contributed by atoms with Gasteiger partial charge in [0.1, 0.15) is 0 Å². The number of nitrogens with one attached hydrogen (secondary N) is 1. The molecule has 0 aromatic heterocycles. The van der Waals surface area contributed by atoms with E-state index in [1.54, 1.807) is 6.92 Å². The van der Waals surface area contributed by atoms with E-state index in [2.05, 4.69) is 28.0 Å². The molecule has 10 heavy (non-hydrogen) atoms. The second-order valence-electron chi connectivity index (χ2n) is 1.50. The molecule has 0 amide bonds. The Morgan fingerprint density at radius 3 is 2.70 bits per heavy atom. The number of thiol groups is 1. The molecule has 5 heteroatoms. The van der Waals surface area contributed by atoms with E-state index < -0.39 is 0 Å². The van der Waals surface area contributed by atoms with E-state index in [9.17, 15) is 4.79 Å². The molecule has 0 atom stereocenters. The average Bonchev–Trinajstić information content (AvgIpc) is 1.88. The van der Waals surface area contributed by atoms with Gasteiger partial charge >= 0.3 is 0 Å². The minimum Gasteiger partial charge on any atom is -0.282 e. The van der Waals surface area contributed by atoms with Crippen molar-refractivity contribution in [2.75, 3.05) is 7.11 Å². The number of hydrogen-bond donors (Lipinski definition) is 2. The van der Waals surface area contributed by atoms with Gasteiger partial charge in [-0.3, -0.25) is 4.79 Å². The van der Waals surface area contributed by atoms with Gasteiger partial charge in [0.2, 0.25) is 5.12 Å². The van der Waals surface area contributed by atoms with Gasteiger partial charge in [0.25, 0.3) is 0 Å². The van der Waals surface area contributed by atoms with Crippen LogP contribution in [-0.4, -0.2) is 12.2 Å². The molecule has 0 spiro atoms. The highest BCUT2D eigenvalue weighted by Gasteiger charge is 1.94. The fourth-order valence-electron chi connectivity index (χ4n) is 0.222. The quantitative estimate of drug-likeness (QED) is 0.207. The Morgan fingerprint density at radius 2 is 2.30 bits per heavy atom. The molecule has 0 heterocycles. The van der Waals surface area contributed by atoms with E-state index in [1.807, 2.05) is 0 Å². The molecule has 0 aromatic carbocycles. The van der Waals surface area contributed by atoms with Gasteiger partial charge in [0.05, 0.1) is 7.11 Å². The lowest BCUT2D eigenvalue weighted by Crippen LogP contribution is -2.07. The maximum atomic E-state index is 10.4. The molecule has 0 fully saturated rings. The maximum absolute atomic E-state index is 10.4. The van der Waals surface area contributed by atoms with Crippen LogP contribution >= 0.6 is 12.6 Å². The lowest BCUT2D eigenvalue weighted by atomic mass is 10.4. The predicted octanol–water partition coefficient (Wildman–Crippen LogP) is 0.429. The predicted molar refractivity (Wildman–Crippen MR) is 39.0 cm³/mol. The van der Waals surface area contributed by atoms with Crippen LogP contribution in [-0.2, 0) is 14.7 Å². The molecule has 0 aliphatic heterocycles. The Kier molecular flexibility index (Phi) is 5.00. The molecule has 0 aliphatic rings. The van der Waals surface area contributed by atoms with Crippen LogP contribution in [0.3, 0.4) is 0 Å². The number of hydrogen-bond acceptors (Lipinski definition) is 4. The van der Waals surface area contributed by atoms with E-state index in [0.717, 1.165) is 0 Å². The largest absolute Gasteiger partial charge is 0.282 e. The van der Waals surface area contributed by atoms with Crippen molar-refractivity contribution in [3.05, 3.63) is 11.8 Å². The highest BCUT2D eigenvalue weighted by atomic mass is 32.1. The van der Waals surface area contributed by atoms with Crippen molar-refractivity contribution in [1.82, 2.24) is 5.48 Å². The van der Waals surface area contributed by atoms with Crippen molar-refractivity contribution in [2.45, 2.75) is 6.92 Å². The number of rotatable bonds is 4. The summed E-state index contributed by atoms with van der Waals surface area (Å²) in [7, 11) is 1.35. The lowest BCUT2D eigenvalue weighted by molar-refractivity contribution is -0.306. The Balaban J connectivity index is 3.58. The van der Waals surface area contributed by atoms with E-state index in [1.165, 1.54) is 13.3 Å². The molecular weight excluding hydrogens is 154 g/mol. The first-order chi connectivity index (χ1) is 4.68. The number of carbonyl (C=O) groups excluding carboxylic acids is 1. The second-order valence-corrected chi connectivity index (χ2v) is 1.91. The van der Waals surface area contributed by atoms with Crippen molar-refractivity contribution in [2.24, 2.45) is 0 Å². The molecule has 0 aromatic rings. The van der Waals surface area contributed by atoms with Crippen LogP contribution in [0.15, 0.2) is 11.8 Å². The molecule has 0 radical (unpaired) electrons. The molecule has 0 unspecified atom stereocenters. The average molecular weight is 163 g/mol. The SMILES string of the molecule is COON/C=C(\C)C(=O)S. The fourth-order valence-corrected chi connectivity index (χ4v) is 0.287. The van der Waals surface area contributed by atoms with Crippen LogP contribution in [0, 0.1) is 0 Å². The molecular formula is C5H9NO3S. The summed E-state index contributed by atoms with van der Waals surface area (Å²) >= 11 is 3.55. The van der Waals surface area contributed by atoms with Crippen molar-refractivity contribution in [1.29, 1.82) is 0 Å². The summed E-state index contributed by atoms with van der Waals surface area (Å²) in [4.78, 5) is 18.8. The second kappa shape index (κ2) is 5.28. The van der Waals surface area contributed by atoms with Crippen molar-refractivity contribution in [3.63, 3.8) is 0 Å². The summed E-state index contributed by atoms with van der Waals surface area (Å²) in [6.07, 6.45) is 1.35. The van der Waals surface area contributed by atoms with Gasteiger partial charge < -0.3 is 0 Å². The monoisotopic (exact) mass is 163 g/mol. The van der Waals surface area contributed by atoms with Crippen molar-refractivity contribution >= 4 is 17.7 Å². The third-order valence-corrected chi connectivity index (χ3v) is 1.10. The lowest BCUT2D eigenvalue weighted by Gasteiger charge is -1.96. The first-order valence-corrected chi connectivity index (χ1v) is 2.98. The first kappa shape index (κ1) is 9.48. The Bertz CT molecular complexity index is 146. The van der Waals surface area contributed by atoms with Crippen molar-refractivity contribution in [3.8, 4) is 0 Å². The summed E-state index contributed by atoms with van der Waals surface area (Å²) in [6.45, 7) is 1.60. The van der Waals surface area contributed by atoms with Gasteiger partial charge in [0, 0.05) is 11.8 Å². The first-order valence-electron chi connectivity index (χ1n) is 2.53. The molecule has 58 valence electrons. The summed E-state index contributed by atoms with van der Waals surface area (Å²) in [5.41, 5.74) is 2.71. The molecule has 0 bridgehead atoms. The number of hydroxylamine groups is 1. The van der Waals surface area contributed by atoms with Crippen LogP contribution in [0.2, 0.25) is 0 Å². The molecule has 0 rings (SSSR count). The third-order valence-electron chi connectivity index (χ3n) is 0.744. The summed E-state index contributed by atoms with van der Waals surface area (Å²) in [5, 5.41) is -0.313. The van der Waals surface area contributed by atoms with Gasteiger partial charge in [-0.15, -0.1) is 17.6 Å². The highest BCUT2D eigenvalue weighted by Crippen LogP contribution is 1.94. The van der Waals surface area contributed by atoms with Crippen LogP contribution in [0.25, 0.3) is 0 Å². The van der Waals surface area contributed by atoms with E-state index >= 15 is 0 Å². The molecule has 4 nitrogen and oxygen atoms in total. The van der Waals surface area contributed by atoms with E-state index in [4.69, 9.17) is 0 Å². The zero-order valence-corrected chi connectivity index (χ0v) is 6.64. The standard InChI is InChI=1S/C5H9NO3S/c1-4(5(7)10)3-6-9-8-2/h3,6H,1-2H3,(H,7,10)/b4-3+. The van der Waals surface area contributed by atoms with Gasteiger partial charge in [-0.2, -0.15) is 0 Å². The van der Waals surface area contributed by atoms with Gasteiger partial charge in [-0.25, -0.2) is 10.4 Å². The Labute approximate surface area is 64.5 Å². The molecule has 0 saturated heterocycles. The molecule has 0 saturated carbocycles. The minimum absolute atomic E-state index is 0.313. The van der Waals surface area contributed by atoms with Crippen LogP contribution < -0.4 is 5.48 Å². The normalized spacial score (nSPS) is 11.3. The van der Waals surface area contributed by atoms with Gasteiger partial charge in [-0.05, 0) is 6.92 Å². The zero-order chi connectivity index (χ0) is 7.98. The van der Waals surface area contributed by atoms with E-state index in [-0.39, 0.29) is 5.12 Å². The topological polar surface area (TPSA) is 47.6 Å². The fraction of sp³-hybridized carbons (Fsp3) is 0.400. The van der Waals surface area contributed by atoms with Crippen LogP contribution in [0.5, 0.6) is 0 Å².